The predicted molar refractivity (Wildman–Crippen MR) is 219 cm³/mol. The Balaban J connectivity index is 0.760. The Morgan fingerprint density at radius 1 is 0.912 bits per heavy atom. The fraction of sp³-hybridized carbons (Fsp3) is 0.465. The average Bonchev–Trinajstić information content (AvgIpc) is 3.83. The van der Waals surface area contributed by atoms with Gasteiger partial charge in [-0.1, -0.05) is 17.7 Å². The summed E-state index contributed by atoms with van der Waals surface area (Å²) in [5, 5.41) is 13.4. The molecule has 4 aromatic rings. The van der Waals surface area contributed by atoms with E-state index in [1.807, 2.05) is 12.1 Å². The number of fused-ring (bicyclic) bond motifs is 2. The summed E-state index contributed by atoms with van der Waals surface area (Å²) >= 11 is 6.51. The summed E-state index contributed by atoms with van der Waals surface area (Å²) in [5.41, 5.74) is 6.57. The largest absolute Gasteiger partial charge is 0.480 e. The molecule has 13 nitrogen and oxygen atoms in total. The van der Waals surface area contributed by atoms with Gasteiger partial charge in [-0.15, -0.1) is 0 Å². The molecule has 2 aromatic carbocycles. The lowest BCUT2D eigenvalue weighted by Gasteiger charge is -2.40. The van der Waals surface area contributed by atoms with Crippen LogP contribution in [0.15, 0.2) is 48.7 Å². The number of pyridine rings is 1. The highest BCUT2D eigenvalue weighted by molar-refractivity contribution is 6.36. The van der Waals surface area contributed by atoms with E-state index >= 15 is 0 Å². The molecule has 0 radical (unpaired) electrons. The number of halogens is 1. The van der Waals surface area contributed by atoms with Gasteiger partial charge in [0.15, 0.2) is 0 Å². The van der Waals surface area contributed by atoms with Gasteiger partial charge in [0.2, 0.25) is 17.7 Å². The quantitative estimate of drug-likeness (QED) is 0.227. The van der Waals surface area contributed by atoms with Crippen molar-refractivity contribution >= 4 is 57.4 Å². The Morgan fingerprint density at radius 3 is 2.39 bits per heavy atom. The standard InChI is InChI=1S/C43H48ClN9O4/c1-57-42-39-29(26-53(43(39)56)35-10-11-37(54)48-41(35)55)21-36(47-42)51-19-17-49(18-20-51)24-27-12-15-50(16-13-27)31-4-6-32(7-5-31)52-14-2-3-28(25-52)33-8-9-34(44)38-30(22-45)23-46-40(33)38/h4-9,21,23,27-28,35,46H,2-3,10-20,24-26H2,1H3,(H,48,54,55)/t28-,35?/m1/s1. The zero-order valence-corrected chi connectivity index (χ0v) is 33.1. The number of ether oxygens (including phenoxy) is 1. The summed E-state index contributed by atoms with van der Waals surface area (Å²) < 4.78 is 5.60. The van der Waals surface area contributed by atoms with Gasteiger partial charge in [0, 0.05) is 101 Å². The van der Waals surface area contributed by atoms with E-state index in [9.17, 15) is 19.6 Å². The Morgan fingerprint density at radius 2 is 1.67 bits per heavy atom. The summed E-state index contributed by atoms with van der Waals surface area (Å²) in [5.74, 6) is 1.09. The number of piperazine rings is 1. The molecule has 2 N–H and O–H groups in total. The predicted octanol–water partition coefficient (Wildman–Crippen LogP) is 5.28. The number of H-pyrrole nitrogens is 1. The van der Waals surface area contributed by atoms with Crippen molar-refractivity contribution in [1.82, 2.24) is 25.1 Å². The maximum absolute atomic E-state index is 13.4. The maximum Gasteiger partial charge on any atom is 0.260 e. The number of anilines is 3. The molecule has 9 rings (SSSR count). The number of hydrogen-bond donors (Lipinski definition) is 2. The van der Waals surface area contributed by atoms with Crippen molar-refractivity contribution in [3.05, 3.63) is 75.9 Å². The normalized spacial score (nSPS) is 22.2. The Kier molecular flexibility index (Phi) is 10.2. The van der Waals surface area contributed by atoms with Crippen molar-refractivity contribution in [3.63, 3.8) is 0 Å². The van der Waals surface area contributed by atoms with E-state index in [0.29, 0.717) is 41.0 Å². The second-order valence-electron chi connectivity index (χ2n) is 16.1. The lowest BCUT2D eigenvalue weighted by atomic mass is 9.89. The van der Waals surface area contributed by atoms with Crippen LogP contribution in [0, 0.1) is 17.2 Å². The van der Waals surface area contributed by atoms with Crippen LogP contribution in [0.1, 0.15) is 71.5 Å². The van der Waals surface area contributed by atoms with Crippen LogP contribution in [0.2, 0.25) is 5.02 Å². The third-order valence-electron chi connectivity index (χ3n) is 12.9. The zero-order chi connectivity index (χ0) is 39.2. The molecule has 1 unspecified atom stereocenters. The number of rotatable bonds is 8. The number of nitrogens with zero attached hydrogens (tertiary/aromatic N) is 7. The first-order valence-corrected chi connectivity index (χ1v) is 20.6. The molecule has 5 aliphatic heterocycles. The Hall–Kier alpha value is -5.32. The van der Waals surface area contributed by atoms with Crippen LogP contribution in [0.25, 0.3) is 10.9 Å². The van der Waals surface area contributed by atoms with Gasteiger partial charge in [-0.25, -0.2) is 0 Å². The fourth-order valence-corrected chi connectivity index (χ4v) is 10.0. The highest BCUT2D eigenvalue weighted by Gasteiger charge is 2.41. The van der Waals surface area contributed by atoms with Gasteiger partial charge in [-0.05, 0) is 85.5 Å². The molecule has 5 aliphatic rings. The van der Waals surface area contributed by atoms with E-state index in [1.54, 1.807) is 11.1 Å². The van der Waals surface area contributed by atoms with Gasteiger partial charge < -0.3 is 29.3 Å². The van der Waals surface area contributed by atoms with Gasteiger partial charge in [-0.2, -0.15) is 10.2 Å². The smallest absolute Gasteiger partial charge is 0.260 e. The molecule has 0 aliphatic carbocycles. The number of benzene rings is 2. The fourth-order valence-electron chi connectivity index (χ4n) is 9.75. The van der Waals surface area contributed by atoms with Crippen molar-refractivity contribution in [2.45, 2.75) is 57.0 Å². The molecule has 0 bridgehead atoms. The van der Waals surface area contributed by atoms with Crippen molar-refractivity contribution in [1.29, 1.82) is 5.26 Å². The third-order valence-corrected chi connectivity index (χ3v) is 13.2. The number of carbonyl (C=O) groups is 3. The van der Waals surface area contributed by atoms with Crippen LogP contribution >= 0.6 is 11.6 Å². The van der Waals surface area contributed by atoms with Crippen molar-refractivity contribution in [2.75, 3.05) is 80.7 Å². The lowest BCUT2D eigenvalue weighted by Crippen LogP contribution is -2.52. The minimum absolute atomic E-state index is 0.216. The van der Waals surface area contributed by atoms with Gasteiger partial charge in [-0.3, -0.25) is 24.6 Å². The zero-order valence-electron chi connectivity index (χ0n) is 32.3. The van der Waals surface area contributed by atoms with Crippen LogP contribution < -0.4 is 24.8 Å². The SMILES string of the molecule is COc1nc(N2CCN(CC3CCN(c4ccc(N5CCC[C@@H](c6ccc(Cl)c7c(C#N)c[nH]c67)C5)cc4)CC3)CC2)cc2c1C(=O)N(C1CCC(=O)NC1=O)C2. The van der Waals surface area contributed by atoms with Gasteiger partial charge >= 0.3 is 0 Å². The third kappa shape index (κ3) is 7.14. The number of nitriles is 1. The van der Waals surface area contributed by atoms with Crippen LogP contribution in [0.3, 0.4) is 0 Å². The molecular formula is C43H48ClN9O4. The number of hydrogen-bond acceptors (Lipinski definition) is 10. The van der Waals surface area contributed by atoms with Gasteiger partial charge in [0.25, 0.3) is 5.91 Å². The number of aromatic nitrogens is 2. The molecule has 7 heterocycles. The van der Waals surface area contributed by atoms with Crippen LogP contribution in [-0.2, 0) is 16.1 Å². The monoisotopic (exact) mass is 789 g/mol. The average molecular weight is 790 g/mol. The summed E-state index contributed by atoms with van der Waals surface area (Å²) in [4.78, 5) is 57.1. The number of carbonyl (C=O) groups excluding carboxylic acids is 3. The number of amides is 3. The summed E-state index contributed by atoms with van der Waals surface area (Å²) in [6.45, 7) is 9.00. The molecule has 2 atom stereocenters. The molecule has 4 saturated heterocycles. The molecule has 0 spiro atoms. The number of aromatic amines is 1. The second-order valence-corrected chi connectivity index (χ2v) is 16.6. The highest BCUT2D eigenvalue weighted by Crippen LogP contribution is 2.39. The van der Waals surface area contributed by atoms with Gasteiger partial charge in [0.1, 0.15) is 23.5 Å². The first kappa shape index (κ1) is 37.3. The number of piperidine rings is 3. The van der Waals surface area contributed by atoms with E-state index in [4.69, 9.17) is 21.3 Å². The first-order chi connectivity index (χ1) is 27.8. The van der Waals surface area contributed by atoms with Gasteiger partial charge in [0.05, 0.1) is 23.2 Å². The minimum atomic E-state index is -0.675. The van der Waals surface area contributed by atoms with Crippen LogP contribution in [-0.4, -0.2) is 110 Å². The Labute approximate surface area is 337 Å². The number of imide groups is 1. The summed E-state index contributed by atoms with van der Waals surface area (Å²) in [6, 6.07) is 16.8. The second kappa shape index (κ2) is 15.6. The minimum Gasteiger partial charge on any atom is -0.480 e. The molecule has 3 amide bonds. The summed E-state index contributed by atoms with van der Waals surface area (Å²) in [7, 11) is 1.52. The molecule has 296 valence electrons. The van der Waals surface area contributed by atoms with E-state index < -0.39 is 11.9 Å². The summed E-state index contributed by atoms with van der Waals surface area (Å²) in [6.07, 6.45) is 6.85. The van der Waals surface area contributed by atoms with E-state index in [1.165, 1.54) is 36.9 Å². The van der Waals surface area contributed by atoms with Crippen molar-refractivity contribution in [2.24, 2.45) is 5.92 Å². The molecule has 0 saturated carbocycles. The van der Waals surface area contributed by atoms with E-state index in [-0.39, 0.29) is 24.1 Å². The molecule has 2 aromatic heterocycles. The van der Waals surface area contributed by atoms with Crippen molar-refractivity contribution < 1.29 is 19.1 Å². The van der Waals surface area contributed by atoms with E-state index in [0.717, 1.165) is 94.0 Å². The molecular weight excluding hydrogens is 742 g/mol. The molecule has 14 heteroatoms. The van der Waals surface area contributed by atoms with E-state index in [2.05, 4.69) is 66.3 Å². The number of nitrogens with one attached hydrogen (secondary N) is 2. The highest BCUT2D eigenvalue weighted by atomic mass is 35.5. The lowest BCUT2D eigenvalue weighted by molar-refractivity contribution is -0.136. The first-order valence-electron chi connectivity index (χ1n) is 20.3. The van der Waals surface area contributed by atoms with Crippen LogP contribution in [0.5, 0.6) is 5.88 Å². The molecule has 4 fully saturated rings. The van der Waals surface area contributed by atoms with Crippen LogP contribution in [0.4, 0.5) is 17.2 Å². The Bertz CT molecular complexity index is 2240. The topological polar surface area (TPSA) is 141 Å². The maximum atomic E-state index is 13.4. The number of methoxy groups -OCH3 is 1. The molecule has 57 heavy (non-hydrogen) atoms. The van der Waals surface area contributed by atoms with Crippen molar-refractivity contribution in [3.8, 4) is 11.9 Å².